The van der Waals surface area contributed by atoms with E-state index < -0.39 is 18.1 Å². The van der Waals surface area contributed by atoms with Crippen molar-refractivity contribution >= 4 is 5.97 Å². The third-order valence-corrected chi connectivity index (χ3v) is 4.83. The summed E-state index contributed by atoms with van der Waals surface area (Å²) in [7, 11) is 0. The van der Waals surface area contributed by atoms with Crippen molar-refractivity contribution in [3.63, 3.8) is 0 Å². The molecule has 0 aromatic heterocycles. The molecule has 1 fully saturated rings. The van der Waals surface area contributed by atoms with Crippen molar-refractivity contribution in [1.29, 1.82) is 0 Å². The van der Waals surface area contributed by atoms with Crippen LogP contribution in [0.3, 0.4) is 0 Å². The van der Waals surface area contributed by atoms with E-state index in [9.17, 15) is 9.18 Å². The number of esters is 1. The molecule has 0 spiro atoms. The minimum Gasteiger partial charge on any atom is -0.423 e. The third kappa shape index (κ3) is 5.18. The Balaban J connectivity index is 1.62. The Labute approximate surface area is 165 Å². The quantitative estimate of drug-likeness (QED) is 0.468. The van der Waals surface area contributed by atoms with E-state index in [0.29, 0.717) is 30.4 Å². The van der Waals surface area contributed by atoms with Crippen LogP contribution in [0.15, 0.2) is 42.5 Å². The summed E-state index contributed by atoms with van der Waals surface area (Å²) in [4.78, 5) is 12.3. The lowest BCUT2D eigenvalue weighted by Gasteiger charge is -2.29. The molecule has 0 saturated carbocycles. The zero-order chi connectivity index (χ0) is 19.9. The van der Waals surface area contributed by atoms with Crippen LogP contribution in [0.2, 0.25) is 0 Å². The first-order valence-electron chi connectivity index (χ1n) is 9.94. The van der Waals surface area contributed by atoms with Crippen molar-refractivity contribution < 1.29 is 23.4 Å². The number of aryl methyl sites for hydroxylation is 1. The smallest absolute Gasteiger partial charge is 0.343 e. The van der Waals surface area contributed by atoms with E-state index in [-0.39, 0.29) is 5.56 Å². The van der Waals surface area contributed by atoms with Crippen molar-refractivity contribution in [3.8, 4) is 5.75 Å². The maximum absolute atomic E-state index is 14.5. The van der Waals surface area contributed by atoms with Gasteiger partial charge in [-0.15, -0.1) is 0 Å². The van der Waals surface area contributed by atoms with Gasteiger partial charge in [-0.25, -0.2) is 9.18 Å². The standard InChI is InChI=1S/C23H27FO4/c1-3-5-16-7-10-19(11-8-16)28-22(25)18-9-12-20(21(24)13-18)23-26-14-17(6-4-2)15-27-23/h7-13,17,23H,3-6,14-15H2,1-2H3. The Kier molecular flexibility index (Phi) is 7.18. The fraction of sp³-hybridized carbons (Fsp3) is 0.435. The van der Waals surface area contributed by atoms with Gasteiger partial charge in [-0.2, -0.15) is 0 Å². The van der Waals surface area contributed by atoms with Crippen LogP contribution < -0.4 is 4.74 Å². The largest absolute Gasteiger partial charge is 0.423 e. The molecule has 0 radical (unpaired) electrons. The first kappa shape index (κ1) is 20.5. The number of rotatable bonds is 7. The monoisotopic (exact) mass is 386 g/mol. The SMILES string of the molecule is CCCc1ccc(OC(=O)c2ccc(C3OCC(CCC)CO3)c(F)c2)cc1. The summed E-state index contributed by atoms with van der Waals surface area (Å²) in [5, 5.41) is 0. The van der Waals surface area contributed by atoms with Crippen LogP contribution >= 0.6 is 0 Å². The number of carbonyl (C=O) groups is 1. The second-order valence-electron chi connectivity index (χ2n) is 7.17. The molecule has 0 amide bonds. The van der Waals surface area contributed by atoms with Gasteiger partial charge in [-0.1, -0.05) is 44.9 Å². The number of halogens is 1. The summed E-state index contributed by atoms with van der Waals surface area (Å²) in [6, 6.07) is 11.6. The van der Waals surface area contributed by atoms with Gasteiger partial charge in [0.25, 0.3) is 0 Å². The predicted molar refractivity (Wildman–Crippen MR) is 105 cm³/mol. The van der Waals surface area contributed by atoms with E-state index in [1.807, 2.05) is 12.1 Å². The van der Waals surface area contributed by atoms with E-state index in [1.54, 1.807) is 12.1 Å². The topological polar surface area (TPSA) is 44.8 Å². The molecule has 5 heteroatoms. The lowest BCUT2D eigenvalue weighted by atomic mass is 10.0. The zero-order valence-electron chi connectivity index (χ0n) is 16.4. The molecule has 150 valence electrons. The summed E-state index contributed by atoms with van der Waals surface area (Å²) in [6.07, 6.45) is 3.39. The molecule has 1 aliphatic heterocycles. The lowest BCUT2D eigenvalue weighted by Crippen LogP contribution is -2.27. The second-order valence-corrected chi connectivity index (χ2v) is 7.17. The molecular formula is C23H27FO4. The van der Waals surface area contributed by atoms with Crippen molar-refractivity contribution in [2.45, 2.75) is 45.8 Å². The Morgan fingerprint density at radius 1 is 1.07 bits per heavy atom. The molecule has 0 aliphatic carbocycles. The lowest BCUT2D eigenvalue weighted by molar-refractivity contribution is -0.207. The highest BCUT2D eigenvalue weighted by atomic mass is 19.1. The van der Waals surface area contributed by atoms with Gasteiger partial charge in [-0.05, 0) is 42.7 Å². The van der Waals surface area contributed by atoms with Crippen molar-refractivity contribution in [3.05, 3.63) is 65.0 Å². The fourth-order valence-electron chi connectivity index (χ4n) is 3.32. The van der Waals surface area contributed by atoms with E-state index in [2.05, 4.69) is 13.8 Å². The highest BCUT2D eigenvalue weighted by Crippen LogP contribution is 2.29. The van der Waals surface area contributed by atoms with Gasteiger partial charge in [0.15, 0.2) is 6.29 Å². The highest BCUT2D eigenvalue weighted by Gasteiger charge is 2.26. The molecular weight excluding hydrogens is 359 g/mol. The number of hydrogen-bond acceptors (Lipinski definition) is 4. The number of hydrogen-bond donors (Lipinski definition) is 0. The van der Waals surface area contributed by atoms with E-state index >= 15 is 0 Å². The average Bonchev–Trinajstić information content (AvgIpc) is 2.70. The van der Waals surface area contributed by atoms with Crippen LogP contribution in [0.1, 0.15) is 60.9 Å². The molecule has 2 aromatic rings. The average molecular weight is 386 g/mol. The summed E-state index contributed by atoms with van der Waals surface area (Å²) in [5.74, 6) is -0.341. The molecule has 0 atom stereocenters. The van der Waals surface area contributed by atoms with Gasteiger partial charge in [0.1, 0.15) is 11.6 Å². The van der Waals surface area contributed by atoms with Crippen LogP contribution in [0, 0.1) is 11.7 Å². The van der Waals surface area contributed by atoms with E-state index in [4.69, 9.17) is 14.2 Å². The van der Waals surface area contributed by atoms with Gasteiger partial charge in [0.05, 0.1) is 18.8 Å². The molecule has 1 aliphatic rings. The first-order chi connectivity index (χ1) is 13.6. The molecule has 3 rings (SSSR count). The minimum atomic E-state index is -0.732. The van der Waals surface area contributed by atoms with E-state index in [1.165, 1.54) is 23.8 Å². The van der Waals surface area contributed by atoms with Gasteiger partial charge in [0, 0.05) is 11.5 Å². The Morgan fingerprint density at radius 3 is 2.39 bits per heavy atom. The molecule has 28 heavy (non-hydrogen) atoms. The summed E-state index contributed by atoms with van der Waals surface area (Å²) >= 11 is 0. The summed E-state index contributed by atoms with van der Waals surface area (Å²) < 4.78 is 31.2. The van der Waals surface area contributed by atoms with Crippen LogP contribution in [-0.4, -0.2) is 19.2 Å². The third-order valence-electron chi connectivity index (χ3n) is 4.83. The van der Waals surface area contributed by atoms with Gasteiger partial charge in [-0.3, -0.25) is 0 Å². The predicted octanol–water partition coefficient (Wildman–Crippen LogP) is 5.46. The van der Waals surface area contributed by atoms with Crippen molar-refractivity contribution in [2.24, 2.45) is 5.92 Å². The Bertz CT molecular complexity index is 780. The van der Waals surface area contributed by atoms with Crippen LogP contribution in [0.4, 0.5) is 4.39 Å². The maximum Gasteiger partial charge on any atom is 0.343 e. The minimum absolute atomic E-state index is 0.151. The molecule has 1 saturated heterocycles. The normalized spacial score (nSPS) is 19.4. The molecule has 1 heterocycles. The first-order valence-corrected chi connectivity index (χ1v) is 9.94. The van der Waals surface area contributed by atoms with Crippen LogP contribution in [-0.2, 0) is 15.9 Å². The summed E-state index contributed by atoms with van der Waals surface area (Å²) in [6.45, 7) is 5.33. The second kappa shape index (κ2) is 9.80. The molecule has 0 N–H and O–H groups in total. The van der Waals surface area contributed by atoms with Crippen molar-refractivity contribution in [2.75, 3.05) is 13.2 Å². The van der Waals surface area contributed by atoms with Gasteiger partial charge in [0.2, 0.25) is 0 Å². The van der Waals surface area contributed by atoms with Crippen LogP contribution in [0.25, 0.3) is 0 Å². The van der Waals surface area contributed by atoms with Gasteiger partial charge >= 0.3 is 5.97 Å². The highest BCUT2D eigenvalue weighted by molar-refractivity contribution is 5.91. The van der Waals surface area contributed by atoms with Gasteiger partial charge < -0.3 is 14.2 Å². The van der Waals surface area contributed by atoms with Crippen LogP contribution in [0.5, 0.6) is 5.75 Å². The molecule has 0 unspecified atom stereocenters. The Hall–Kier alpha value is -2.24. The van der Waals surface area contributed by atoms with E-state index in [0.717, 1.165) is 25.7 Å². The molecule has 2 aromatic carbocycles. The number of ether oxygens (including phenoxy) is 3. The fourth-order valence-corrected chi connectivity index (χ4v) is 3.32. The molecule has 4 nitrogen and oxygen atoms in total. The maximum atomic E-state index is 14.5. The zero-order valence-corrected chi connectivity index (χ0v) is 16.4. The van der Waals surface area contributed by atoms with Crippen molar-refractivity contribution in [1.82, 2.24) is 0 Å². The summed E-state index contributed by atoms with van der Waals surface area (Å²) in [5.41, 5.74) is 1.64. The Morgan fingerprint density at radius 2 is 1.79 bits per heavy atom. The number of benzene rings is 2. The molecule has 0 bridgehead atoms. The number of carbonyl (C=O) groups excluding carboxylic acids is 1.